The first-order chi connectivity index (χ1) is 12.4. The van der Waals surface area contributed by atoms with E-state index in [4.69, 9.17) is 4.98 Å². The summed E-state index contributed by atoms with van der Waals surface area (Å²) in [6, 6.07) is 8.96. The van der Waals surface area contributed by atoms with E-state index in [9.17, 15) is 4.79 Å². The van der Waals surface area contributed by atoms with Gasteiger partial charge in [0.2, 0.25) is 5.91 Å². The molecular weight excluding hydrogens is 324 g/mol. The molecule has 142 valence electrons. The molecule has 1 aliphatic heterocycles. The predicted molar refractivity (Wildman–Crippen MR) is 106 cm³/mol. The Bertz CT molecular complexity index is 764. The van der Waals surface area contributed by atoms with Crippen LogP contribution in [-0.4, -0.2) is 51.4 Å². The van der Waals surface area contributed by atoms with Crippen LogP contribution in [0.15, 0.2) is 24.3 Å². The average Bonchev–Trinajstić information content (AvgIpc) is 2.98. The van der Waals surface area contributed by atoms with E-state index < -0.39 is 0 Å². The number of aromatic nitrogens is 2. The second kappa shape index (κ2) is 7.78. The number of rotatable bonds is 5. The van der Waals surface area contributed by atoms with Crippen molar-refractivity contribution in [3.63, 3.8) is 0 Å². The van der Waals surface area contributed by atoms with Crippen molar-refractivity contribution in [1.29, 1.82) is 0 Å². The van der Waals surface area contributed by atoms with Crippen LogP contribution in [0.5, 0.6) is 0 Å². The maximum absolute atomic E-state index is 12.7. The Balaban J connectivity index is 1.78. The van der Waals surface area contributed by atoms with Crippen molar-refractivity contribution in [1.82, 2.24) is 19.4 Å². The second-order valence-electron chi connectivity index (χ2n) is 8.10. The van der Waals surface area contributed by atoms with E-state index in [-0.39, 0.29) is 17.9 Å². The van der Waals surface area contributed by atoms with Crippen molar-refractivity contribution in [2.75, 3.05) is 20.1 Å². The topological polar surface area (TPSA) is 41.4 Å². The lowest BCUT2D eigenvalue weighted by Crippen LogP contribution is -2.45. The number of nitrogens with zero attached hydrogens (tertiary/aromatic N) is 4. The van der Waals surface area contributed by atoms with Crippen LogP contribution in [0.2, 0.25) is 0 Å². The van der Waals surface area contributed by atoms with E-state index in [0.29, 0.717) is 6.04 Å². The highest BCUT2D eigenvalue weighted by Crippen LogP contribution is 2.25. The number of imidazole rings is 1. The molecule has 0 N–H and O–H groups in total. The molecule has 0 aliphatic carbocycles. The van der Waals surface area contributed by atoms with E-state index in [1.165, 1.54) is 5.52 Å². The summed E-state index contributed by atoms with van der Waals surface area (Å²) in [5.74, 6) is 1.49. The Hall–Kier alpha value is -1.88. The lowest BCUT2D eigenvalue weighted by Gasteiger charge is -2.35. The number of carbonyl (C=O) groups is 1. The molecule has 0 bridgehead atoms. The van der Waals surface area contributed by atoms with Crippen molar-refractivity contribution in [2.45, 2.75) is 59.2 Å². The van der Waals surface area contributed by atoms with Crippen LogP contribution in [-0.2, 0) is 11.3 Å². The van der Waals surface area contributed by atoms with Gasteiger partial charge in [0.15, 0.2) is 0 Å². The van der Waals surface area contributed by atoms with Gasteiger partial charge in [-0.15, -0.1) is 0 Å². The Morgan fingerprint density at radius 3 is 2.69 bits per heavy atom. The highest BCUT2D eigenvalue weighted by molar-refractivity contribution is 5.79. The molecule has 5 heteroatoms. The van der Waals surface area contributed by atoms with E-state index in [1.54, 1.807) is 0 Å². The molecule has 0 unspecified atom stereocenters. The molecule has 1 atom stereocenters. The molecule has 2 aromatic rings. The average molecular weight is 357 g/mol. The standard InChI is InChI=1S/C21H32N4O/c1-15(2)23(5)21(26)17-9-8-12-24(13-17)14-20-22-18-10-6-7-11-19(18)25(20)16(3)4/h6-7,10-11,15-17H,8-9,12-14H2,1-5H3/t17-/m0/s1. The maximum Gasteiger partial charge on any atom is 0.226 e. The van der Waals surface area contributed by atoms with Gasteiger partial charge in [0.1, 0.15) is 5.82 Å². The van der Waals surface area contributed by atoms with E-state index in [2.05, 4.69) is 55.4 Å². The molecule has 1 aromatic heterocycles. The first kappa shape index (κ1) is 18.9. The lowest BCUT2D eigenvalue weighted by atomic mass is 9.96. The molecule has 2 heterocycles. The molecule has 1 saturated heterocycles. The van der Waals surface area contributed by atoms with Crippen LogP contribution in [0, 0.1) is 5.92 Å². The number of hydrogen-bond acceptors (Lipinski definition) is 3. The van der Waals surface area contributed by atoms with Gasteiger partial charge in [-0.1, -0.05) is 12.1 Å². The van der Waals surface area contributed by atoms with E-state index >= 15 is 0 Å². The minimum atomic E-state index is 0.105. The number of hydrogen-bond donors (Lipinski definition) is 0. The maximum atomic E-state index is 12.7. The number of amides is 1. The van der Waals surface area contributed by atoms with Gasteiger partial charge in [0, 0.05) is 25.7 Å². The Morgan fingerprint density at radius 2 is 2.00 bits per heavy atom. The first-order valence-corrected chi connectivity index (χ1v) is 9.83. The number of benzene rings is 1. The van der Waals surface area contributed by atoms with Crippen LogP contribution < -0.4 is 0 Å². The molecule has 26 heavy (non-hydrogen) atoms. The van der Waals surface area contributed by atoms with Crippen LogP contribution in [0.3, 0.4) is 0 Å². The third kappa shape index (κ3) is 3.78. The Kier molecular flexibility index (Phi) is 5.66. The molecule has 3 rings (SSSR count). The number of para-hydroxylation sites is 2. The predicted octanol–water partition coefficient (Wildman–Crippen LogP) is 3.70. The van der Waals surface area contributed by atoms with Crippen LogP contribution in [0.4, 0.5) is 0 Å². The molecule has 1 aliphatic rings. The molecule has 0 saturated carbocycles. The van der Waals surface area contributed by atoms with Gasteiger partial charge in [0.25, 0.3) is 0 Å². The van der Waals surface area contributed by atoms with Crippen LogP contribution in [0.25, 0.3) is 11.0 Å². The van der Waals surface area contributed by atoms with Crippen molar-refractivity contribution < 1.29 is 4.79 Å². The van der Waals surface area contributed by atoms with Crippen LogP contribution >= 0.6 is 0 Å². The number of carbonyl (C=O) groups excluding carboxylic acids is 1. The summed E-state index contributed by atoms with van der Waals surface area (Å²) in [5, 5.41) is 0. The van der Waals surface area contributed by atoms with Crippen LogP contribution in [0.1, 0.15) is 52.4 Å². The van der Waals surface area contributed by atoms with Crippen molar-refractivity contribution >= 4 is 16.9 Å². The fourth-order valence-corrected chi connectivity index (χ4v) is 3.93. The summed E-state index contributed by atoms with van der Waals surface area (Å²) >= 11 is 0. The SMILES string of the molecule is CC(C)N(C)C(=O)[C@H]1CCCN(Cc2nc3ccccc3n2C(C)C)C1. The fourth-order valence-electron chi connectivity index (χ4n) is 3.93. The monoisotopic (exact) mass is 356 g/mol. The molecule has 1 aromatic carbocycles. The fraction of sp³-hybridized carbons (Fsp3) is 0.619. The van der Waals surface area contributed by atoms with Gasteiger partial charge < -0.3 is 9.47 Å². The van der Waals surface area contributed by atoms with E-state index in [1.807, 2.05) is 18.0 Å². The first-order valence-electron chi connectivity index (χ1n) is 9.83. The highest BCUT2D eigenvalue weighted by atomic mass is 16.2. The molecule has 1 amide bonds. The normalized spacial score (nSPS) is 18.8. The Morgan fingerprint density at radius 1 is 1.27 bits per heavy atom. The van der Waals surface area contributed by atoms with Gasteiger partial charge in [-0.25, -0.2) is 4.98 Å². The molecule has 0 spiro atoms. The number of likely N-dealkylation sites (tertiary alicyclic amines) is 1. The summed E-state index contributed by atoms with van der Waals surface area (Å²) < 4.78 is 2.33. The third-order valence-corrected chi connectivity index (χ3v) is 5.53. The zero-order valence-electron chi connectivity index (χ0n) is 16.8. The third-order valence-electron chi connectivity index (χ3n) is 5.53. The van der Waals surface area contributed by atoms with Gasteiger partial charge in [-0.2, -0.15) is 0 Å². The molecule has 0 radical (unpaired) electrons. The second-order valence-corrected chi connectivity index (χ2v) is 8.10. The van der Waals surface area contributed by atoms with Gasteiger partial charge in [-0.05, 0) is 59.2 Å². The molecular formula is C21H32N4O. The highest BCUT2D eigenvalue weighted by Gasteiger charge is 2.29. The quantitative estimate of drug-likeness (QED) is 0.820. The van der Waals surface area contributed by atoms with Crippen molar-refractivity contribution in [2.24, 2.45) is 5.92 Å². The summed E-state index contributed by atoms with van der Waals surface area (Å²) in [6.45, 7) is 11.2. The van der Waals surface area contributed by atoms with Crippen molar-refractivity contribution in [3.8, 4) is 0 Å². The number of fused-ring (bicyclic) bond motifs is 1. The van der Waals surface area contributed by atoms with Crippen molar-refractivity contribution in [3.05, 3.63) is 30.1 Å². The number of piperidine rings is 1. The zero-order valence-corrected chi connectivity index (χ0v) is 16.8. The summed E-state index contributed by atoms with van der Waals surface area (Å²) in [6.07, 6.45) is 2.07. The van der Waals surface area contributed by atoms with E-state index in [0.717, 1.165) is 43.8 Å². The molecule has 5 nitrogen and oxygen atoms in total. The van der Waals surface area contributed by atoms with Gasteiger partial charge >= 0.3 is 0 Å². The lowest BCUT2D eigenvalue weighted by molar-refractivity contribution is -0.137. The zero-order chi connectivity index (χ0) is 18.8. The largest absolute Gasteiger partial charge is 0.343 e. The Labute approximate surface area is 157 Å². The minimum Gasteiger partial charge on any atom is -0.343 e. The molecule has 1 fully saturated rings. The summed E-state index contributed by atoms with van der Waals surface area (Å²) in [4.78, 5) is 21.9. The summed E-state index contributed by atoms with van der Waals surface area (Å²) in [5.41, 5.74) is 2.25. The van der Waals surface area contributed by atoms with Gasteiger partial charge in [-0.3, -0.25) is 9.69 Å². The van der Waals surface area contributed by atoms with Gasteiger partial charge in [0.05, 0.1) is 23.5 Å². The smallest absolute Gasteiger partial charge is 0.226 e. The minimum absolute atomic E-state index is 0.105. The summed E-state index contributed by atoms with van der Waals surface area (Å²) in [7, 11) is 1.92.